The van der Waals surface area contributed by atoms with Gasteiger partial charge in [-0.05, 0) is 36.1 Å². The van der Waals surface area contributed by atoms with Crippen molar-refractivity contribution in [2.24, 2.45) is 0 Å². The molecule has 0 bridgehead atoms. The molecule has 1 aliphatic heterocycles. The summed E-state index contributed by atoms with van der Waals surface area (Å²) in [6.07, 6.45) is 2.73. The largest absolute Gasteiger partial charge is 0.481 e. The molecule has 1 saturated carbocycles. The summed E-state index contributed by atoms with van der Waals surface area (Å²) in [6, 6.07) is 2.57. The summed E-state index contributed by atoms with van der Waals surface area (Å²) in [7, 11) is 0. The zero-order valence-corrected chi connectivity index (χ0v) is 10.3. The molecule has 5 heteroatoms. The molecule has 2 N–H and O–H groups in total. The molecule has 2 aliphatic rings. The highest BCUT2D eigenvalue weighted by molar-refractivity contribution is 6.01. The van der Waals surface area contributed by atoms with E-state index < -0.39 is 17.2 Å². The van der Waals surface area contributed by atoms with Crippen LogP contribution in [0.3, 0.4) is 0 Å². The molecular weight excluding hydrogens is 249 g/mol. The van der Waals surface area contributed by atoms with E-state index in [0.29, 0.717) is 29.7 Å². The van der Waals surface area contributed by atoms with E-state index >= 15 is 0 Å². The van der Waals surface area contributed by atoms with Crippen molar-refractivity contribution < 1.29 is 19.1 Å². The van der Waals surface area contributed by atoms with Crippen LogP contribution in [0.2, 0.25) is 0 Å². The van der Waals surface area contributed by atoms with Crippen molar-refractivity contribution in [3.8, 4) is 0 Å². The molecule has 3 rings (SSSR count). The number of halogens is 1. The Morgan fingerprint density at radius 3 is 2.63 bits per heavy atom. The number of carboxylic acid groups (broad SMARTS) is 1. The summed E-state index contributed by atoms with van der Waals surface area (Å²) in [4.78, 5) is 23.2. The van der Waals surface area contributed by atoms with Gasteiger partial charge in [0.25, 0.3) is 0 Å². The number of benzene rings is 1. The fraction of sp³-hybridized carbons (Fsp3) is 0.429. The molecule has 0 atom stereocenters. The minimum Gasteiger partial charge on any atom is -0.481 e. The lowest BCUT2D eigenvalue weighted by Crippen LogP contribution is -2.33. The summed E-state index contributed by atoms with van der Waals surface area (Å²) < 4.78 is 13.7. The van der Waals surface area contributed by atoms with Crippen LogP contribution in [0.5, 0.6) is 0 Å². The number of rotatable bonds is 2. The normalized spacial score (nSPS) is 20.2. The third kappa shape index (κ3) is 1.72. The maximum atomic E-state index is 13.7. The molecule has 0 unspecified atom stereocenters. The van der Waals surface area contributed by atoms with Crippen LogP contribution in [-0.4, -0.2) is 17.0 Å². The minimum absolute atomic E-state index is 0.121. The molecule has 1 fully saturated rings. The quantitative estimate of drug-likeness (QED) is 0.859. The van der Waals surface area contributed by atoms with Crippen LogP contribution in [0.25, 0.3) is 0 Å². The van der Waals surface area contributed by atoms with E-state index in [0.717, 1.165) is 12.8 Å². The van der Waals surface area contributed by atoms with E-state index in [9.17, 15) is 19.1 Å². The van der Waals surface area contributed by atoms with Crippen LogP contribution in [0.1, 0.15) is 36.8 Å². The van der Waals surface area contributed by atoms with Crippen LogP contribution in [-0.2, 0) is 21.4 Å². The van der Waals surface area contributed by atoms with Crippen LogP contribution in [0, 0.1) is 5.82 Å². The molecule has 1 heterocycles. The third-order valence-electron chi connectivity index (χ3n) is 4.18. The second-order valence-corrected chi connectivity index (χ2v) is 5.31. The Kier molecular flexibility index (Phi) is 2.59. The van der Waals surface area contributed by atoms with Crippen LogP contribution in [0.4, 0.5) is 10.1 Å². The van der Waals surface area contributed by atoms with Crippen molar-refractivity contribution in [1.82, 2.24) is 0 Å². The average molecular weight is 263 g/mol. The molecule has 4 nitrogen and oxygen atoms in total. The van der Waals surface area contributed by atoms with Gasteiger partial charge in [0, 0.05) is 5.69 Å². The zero-order chi connectivity index (χ0) is 13.6. The number of hydrogen-bond acceptors (Lipinski definition) is 2. The van der Waals surface area contributed by atoms with Gasteiger partial charge in [0.15, 0.2) is 0 Å². The van der Waals surface area contributed by atoms with Crippen LogP contribution < -0.4 is 5.32 Å². The lowest BCUT2D eigenvalue weighted by molar-refractivity contribution is -0.143. The maximum Gasteiger partial charge on any atom is 0.314 e. The Balaban J connectivity index is 2.20. The summed E-state index contributed by atoms with van der Waals surface area (Å²) in [5.41, 5.74) is 0.450. The predicted molar refractivity (Wildman–Crippen MR) is 66.5 cm³/mol. The van der Waals surface area contributed by atoms with Crippen molar-refractivity contribution in [1.29, 1.82) is 0 Å². The smallest absolute Gasteiger partial charge is 0.314 e. The van der Waals surface area contributed by atoms with Crippen molar-refractivity contribution in [3.63, 3.8) is 0 Å². The van der Waals surface area contributed by atoms with E-state index in [1.165, 1.54) is 12.1 Å². The highest BCUT2D eigenvalue weighted by atomic mass is 19.1. The second-order valence-electron chi connectivity index (χ2n) is 5.31. The first kappa shape index (κ1) is 12.1. The highest BCUT2D eigenvalue weighted by Gasteiger charge is 2.46. The molecule has 100 valence electrons. The van der Waals surface area contributed by atoms with Crippen molar-refractivity contribution in [2.75, 3.05) is 5.32 Å². The summed E-state index contributed by atoms with van der Waals surface area (Å²) in [5, 5.41) is 12.3. The lowest BCUT2D eigenvalue weighted by atomic mass is 9.77. The molecule has 1 amide bonds. The zero-order valence-electron chi connectivity index (χ0n) is 10.3. The van der Waals surface area contributed by atoms with Crippen molar-refractivity contribution in [3.05, 3.63) is 29.1 Å². The lowest BCUT2D eigenvalue weighted by Gasteiger charge is -2.26. The summed E-state index contributed by atoms with van der Waals surface area (Å²) >= 11 is 0. The van der Waals surface area contributed by atoms with Crippen molar-refractivity contribution >= 4 is 17.6 Å². The van der Waals surface area contributed by atoms with Gasteiger partial charge in [-0.1, -0.05) is 12.8 Å². The predicted octanol–water partition coefficient (Wildman–Crippen LogP) is 2.22. The maximum absolute atomic E-state index is 13.7. The number of carbonyl (C=O) groups is 2. The highest BCUT2D eigenvalue weighted by Crippen LogP contribution is 2.46. The third-order valence-corrected chi connectivity index (χ3v) is 4.18. The topological polar surface area (TPSA) is 66.4 Å². The monoisotopic (exact) mass is 263 g/mol. The van der Waals surface area contributed by atoms with E-state index in [1.54, 1.807) is 0 Å². The minimum atomic E-state index is -1.05. The number of fused-ring (bicyclic) bond motifs is 1. The number of hydrogen-bond donors (Lipinski definition) is 2. The van der Waals surface area contributed by atoms with Gasteiger partial charge < -0.3 is 10.4 Å². The van der Waals surface area contributed by atoms with Gasteiger partial charge in [0.1, 0.15) is 5.82 Å². The Labute approximate surface area is 109 Å². The number of nitrogens with one attached hydrogen (secondary N) is 1. The number of carboxylic acids is 1. The first-order chi connectivity index (χ1) is 9.03. The van der Waals surface area contributed by atoms with Crippen LogP contribution in [0.15, 0.2) is 12.1 Å². The molecule has 0 radical (unpaired) electrons. The molecule has 1 aromatic rings. The van der Waals surface area contributed by atoms with E-state index in [4.69, 9.17) is 0 Å². The van der Waals surface area contributed by atoms with E-state index in [1.807, 2.05) is 0 Å². The van der Waals surface area contributed by atoms with Gasteiger partial charge in [0.2, 0.25) is 5.91 Å². The Hall–Kier alpha value is -1.91. The van der Waals surface area contributed by atoms with E-state index in [2.05, 4.69) is 5.32 Å². The first-order valence-corrected chi connectivity index (χ1v) is 6.39. The molecule has 1 aliphatic carbocycles. The van der Waals surface area contributed by atoms with Gasteiger partial charge in [-0.3, -0.25) is 9.59 Å². The van der Waals surface area contributed by atoms with Gasteiger partial charge in [-0.2, -0.15) is 0 Å². The number of aliphatic carboxylic acids is 1. The van der Waals surface area contributed by atoms with E-state index in [-0.39, 0.29) is 12.3 Å². The number of amides is 1. The Morgan fingerprint density at radius 2 is 2.00 bits per heavy atom. The Bertz CT molecular complexity index is 576. The molecular formula is C14H14FNO3. The Morgan fingerprint density at radius 1 is 1.32 bits per heavy atom. The summed E-state index contributed by atoms with van der Waals surface area (Å²) in [6.45, 7) is 0. The van der Waals surface area contributed by atoms with Gasteiger partial charge in [-0.25, -0.2) is 4.39 Å². The number of carbonyl (C=O) groups excluding carboxylic acids is 1. The first-order valence-electron chi connectivity index (χ1n) is 6.39. The van der Waals surface area contributed by atoms with Gasteiger partial charge >= 0.3 is 5.97 Å². The summed E-state index contributed by atoms with van der Waals surface area (Å²) in [5.74, 6) is -1.61. The molecule has 0 saturated heterocycles. The standard InChI is InChI=1S/C14H14FNO3/c15-9-5-8-6-11(17)16-12(8)10(7-9)14(13(18)19)3-1-2-4-14/h5,7H,1-4,6H2,(H,16,17)(H,18,19). The fourth-order valence-electron chi connectivity index (χ4n) is 3.26. The molecule has 0 spiro atoms. The van der Waals surface area contributed by atoms with Crippen LogP contribution >= 0.6 is 0 Å². The second kappa shape index (κ2) is 4.05. The number of anilines is 1. The molecule has 1 aromatic carbocycles. The van der Waals surface area contributed by atoms with Gasteiger partial charge in [-0.15, -0.1) is 0 Å². The fourth-order valence-corrected chi connectivity index (χ4v) is 3.26. The van der Waals surface area contributed by atoms with Gasteiger partial charge in [0.05, 0.1) is 11.8 Å². The van der Waals surface area contributed by atoms with Crippen molar-refractivity contribution in [2.45, 2.75) is 37.5 Å². The molecule has 0 aromatic heterocycles. The average Bonchev–Trinajstić information content (AvgIpc) is 2.93. The molecule has 19 heavy (non-hydrogen) atoms. The SMILES string of the molecule is O=C1Cc2cc(F)cc(C3(C(=O)O)CCCC3)c2N1.